The van der Waals surface area contributed by atoms with Crippen LogP contribution < -0.4 is 20.1 Å². The Balaban J connectivity index is 2.01. The third-order valence-electron chi connectivity index (χ3n) is 3.78. The summed E-state index contributed by atoms with van der Waals surface area (Å²) in [7, 11) is 3.27. The van der Waals surface area contributed by atoms with Crippen LogP contribution in [0.3, 0.4) is 0 Å². The molecule has 0 bridgehead atoms. The molecule has 2 aromatic rings. The summed E-state index contributed by atoms with van der Waals surface area (Å²) in [5.74, 6) is 2.65. The van der Waals surface area contributed by atoms with E-state index in [0.29, 0.717) is 24.8 Å². The van der Waals surface area contributed by atoms with Crippen molar-refractivity contribution in [1.29, 1.82) is 0 Å². The molecule has 0 spiro atoms. The zero-order valence-electron chi connectivity index (χ0n) is 16.1. The van der Waals surface area contributed by atoms with E-state index >= 15 is 0 Å². The summed E-state index contributed by atoms with van der Waals surface area (Å²) >= 11 is 1.67. The van der Waals surface area contributed by atoms with Gasteiger partial charge in [-0.1, -0.05) is 19.9 Å². The van der Waals surface area contributed by atoms with E-state index in [1.165, 1.54) is 0 Å². The predicted octanol–water partition coefficient (Wildman–Crippen LogP) is 3.54. The number of thiazole rings is 1. The molecule has 26 heavy (non-hydrogen) atoms. The Morgan fingerprint density at radius 1 is 1.19 bits per heavy atom. The molecule has 1 aromatic heterocycles. The smallest absolute Gasteiger partial charge is 0.191 e. The average Bonchev–Trinajstić information content (AvgIpc) is 3.13. The predicted molar refractivity (Wildman–Crippen MR) is 107 cm³/mol. The minimum absolute atomic E-state index is 0.451. The van der Waals surface area contributed by atoms with Crippen LogP contribution in [-0.4, -0.2) is 31.7 Å². The summed E-state index contributed by atoms with van der Waals surface area (Å²) in [6, 6.07) is 5.83. The van der Waals surface area contributed by atoms with Crippen LogP contribution >= 0.6 is 11.3 Å². The van der Waals surface area contributed by atoms with E-state index in [2.05, 4.69) is 39.8 Å². The highest BCUT2D eigenvalue weighted by Crippen LogP contribution is 2.27. The highest BCUT2D eigenvalue weighted by molar-refractivity contribution is 7.09. The molecule has 0 aliphatic rings. The number of rotatable bonds is 8. The highest BCUT2D eigenvalue weighted by Gasteiger charge is 2.07. The summed E-state index contributed by atoms with van der Waals surface area (Å²) in [6.45, 7) is 8.36. The van der Waals surface area contributed by atoms with E-state index in [1.807, 2.05) is 25.1 Å². The van der Waals surface area contributed by atoms with Gasteiger partial charge in [0.2, 0.25) is 0 Å². The minimum atomic E-state index is 0.451. The molecular formula is C19H28N4O2S. The fourth-order valence-electron chi connectivity index (χ4n) is 2.32. The number of hydrogen-bond acceptors (Lipinski definition) is 5. The number of aliphatic imine (C=N–C) groups is 1. The zero-order valence-corrected chi connectivity index (χ0v) is 16.9. The van der Waals surface area contributed by atoms with Crippen molar-refractivity contribution in [3.05, 3.63) is 39.8 Å². The molecule has 2 N–H and O–H groups in total. The fraction of sp³-hybridized carbons (Fsp3) is 0.474. The molecule has 1 aromatic carbocycles. The molecule has 0 saturated heterocycles. The first-order valence-corrected chi connectivity index (χ1v) is 9.62. The molecule has 1 heterocycles. The van der Waals surface area contributed by atoms with Crippen molar-refractivity contribution >= 4 is 17.3 Å². The van der Waals surface area contributed by atoms with Crippen molar-refractivity contribution < 1.29 is 9.47 Å². The molecule has 0 radical (unpaired) electrons. The van der Waals surface area contributed by atoms with E-state index in [4.69, 9.17) is 9.47 Å². The first kappa shape index (κ1) is 20.0. The topological polar surface area (TPSA) is 67.8 Å². The van der Waals surface area contributed by atoms with Gasteiger partial charge >= 0.3 is 0 Å². The first-order valence-electron chi connectivity index (χ1n) is 8.74. The van der Waals surface area contributed by atoms with Gasteiger partial charge in [0, 0.05) is 11.9 Å². The Hall–Kier alpha value is -2.28. The number of guanidine groups is 1. The van der Waals surface area contributed by atoms with Crippen molar-refractivity contribution in [2.45, 2.75) is 39.8 Å². The molecule has 0 saturated carbocycles. The minimum Gasteiger partial charge on any atom is -0.493 e. The second-order valence-corrected chi connectivity index (χ2v) is 7.00. The molecule has 2 rings (SSSR count). The number of nitrogens with one attached hydrogen (secondary N) is 2. The highest BCUT2D eigenvalue weighted by atomic mass is 32.1. The van der Waals surface area contributed by atoms with Crippen LogP contribution in [0.1, 0.15) is 43.0 Å². The van der Waals surface area contributed by atoms with Crippen LogP contribution in [0.2, 0.25) is 0 Å². The molecule has 0 amide bonds. The number of nitrogens with zero attached hydrogens (tertiary/aromatic N) is 2. The van der Waals surface area contributed by atoms with Gasteiger partial charge in [-0.25, -0.2) is 9.98 Å². The third kappa shape index (κ3) is 5.62. The maximum atomic E-state index is 5.35. The maximum absolute atomic E-state index is 5.35. The van der Waals surface area contributed by atoms with Crippen molar-refractivity contribution in [3.63, 3.8) is 0 Å². The number of methoxy groups -OCH3 is 2. The Bertz CT molecular complexity index is 728. The normalized spacial score (nSPS) is 11.5. The Kier molecular flexibility index (Phi) is 7.72. The first-order chi connectivity index (χ1) is 12.6. The van der Waals surface area contributed by atoms with Gasteiger partial charge in [0.05, 0.1) is 33.0 Å². The van der Waals surface area contributed by atoms with Crippen molar-refractivity contribution in [1.82, 2.24) is 15.6 Å². The lowest BCUT2D eigenvalue weighted by atomic mass is 10.2. The van der Waals surface area contributed by atoms with Crippen molar-refractivity contribution in [2.24, 2.45) is 4.99 Å². The SMILES string of the molecule is CCNC(=NCc1ccc(OC)c(OC)c1)NCc1nc(C(C)C)cs1. The standard InChI is InChI=1S/C19H28N4O2S/c1-6-20-19(22-11-18-23-15(12-26-18)13(2)3)21-10-14-7-8-16(24-4)17(9-14)25-5/h7-9,12-13H,6,10-11H2,1-5H3,(H2,20,21,22). The lowest BCUT2D eigenvalue weighted by Crippen LogP contribution is -2.36. The van der Waals surface area contributed by atoms with E-state index < -0.39 is 0 Å². The van der Waals surface area contributed by atoms with Gasteiger partial charge in [-0.05, 0) is 30.5 Å². The molecule has 142 valence electrons. The lowest BCUT2D eigenvalue weighted by Gasteiger charge is -2.11. The monoisotopic (exact) mass is 376 g/mol. The number of ether oxygens (including phenoxy) is 2. The quantitative estimate of drug-likeness (QED) is 0.545. The maximum Gasteiger partial charge on any atom is 0.191 e. The van der Waals surface area contributed by atoms with Crippen LogP contribution in [-0.2, 0) is 13.1 Å². The summed E-state index contributed by atoms with van der Waals surface area (Å²) in [6.07, 6.45) is 0. The van der Waals surface area contributed by atoms with Gasteiger partial charge in [-0.15, -0.1) is 11.3 Å². The van der Waals surface area contributed by atoms with Crippen molar-refractivity contribution in [2.75, 3.05) is 20.8 Å². The zero-order chi connectivity index (χ0) is 18.9. The molecule has 7 heteroatoms. The van der Waals surface area contributed by atoms with Crippen LogP contribution in [0, 0.1) is 0 Å². The molecule has 0 aliphatic carbocycles. The van der Waals surface area contributed by atoms with Gasteiger partial charge < -0.3 is 20.1 Å². The van der Waals surface area contributed by atoms with Crippen LogP contribution in [0.15, 0.2) is 28.6 Å². The molecule has 0 fully saturated rings. The van der Waals surface area contributed by atoms with Gasteiger partial charge in [0.25, 0.3) is 0 Å². The fourth-order valence-corrected chi connectivity index (χ4v) is 3.22. The van der Waals surface area contributed by atoms with Gasteiger partial charge in [0.1, 0.15) is 5.01 Å². The van der Waals surface area contributed by atoms with Crippen molar-refractivity contribution in [3.8, 4) is 11.5 Å². The Morgan fingerprint density at radius 3 is 2.58 bits per heavy atom. The Labute approximate surface area is 159 Å². The molecule has 0 unspecified atom stereocenters. The van der Waals surface area contributed by atoms with Crippen LogP contribution in [0.5, 0.6) is 11.5 Å². The summed E-state index contributed by atoms with van der Waals surface area (Å²) in [5, 5.41) is 9.79. The second kappa shape index (κ2) is 10.0. The van der Waals surface area contributed by atoms with Gasteiger partial charge in [-0.3, -0.25) is 0 Å². The second-order valence-electron chi connectivity index (χ2n) is 6.06. The summed E-state index contributed by atoms with van der Waals surface area (Å²) < 4.78 is 10.6. The Morgan fingerprint density at radius 2 is 1.96 bits per heavy atom. The molecule has 6 nitrogen and oxygen atoms in total. The largest absolute Gasteiger partial charge is 0.493 e. The molecule has 0 aliphatic heterocycles. The van der Waals surface area contributed by atoms with E-state index in [1.54, 1.807) is 25.6 Å². The number of hydrogen-bond donors (Lipinski definition) is 2. The molecular weight excluding hydrogens is 348 g/mol. The van der Waals surface area contributed by atoms with Crippen LogP contribution in [0.25, 0.3) is 0 Å². The van der Waals surface area contributed by atoms with E-state index in [0.717, 1.165) is 34.5 Å². The van der Waals surface area contributed by atoms with Gasteiger partial charge in [-0.2, -0.15) is 0 Å². The summed E-state index contributed by atoms with van der Waals surface area (Å²) in [5.41, 5.74) is 2.19. The number of aromatic nitrogens is 1. The third-order valence-corrected chi connectivity index (χ3v) is 4.65. The van der Waals surface area contributed by atoms with E-state index in [-0.39, 0.29) is 0 Å². The van der Waals surface area contributed by atoms with Crippen LogP contribution in [0.4, 0.5) is 0 Å². The average molecular weight is 377 g/mol. The number of benzene rings is 1. The summed E-state index contributed by atoms with van der Waals surface area (Å²) in [4.78, 5) is 9.29. The molecule has 0 atom stereocenters. The lowest BCUT2D eigenvalue weighted by molar-refractivity contribution is 0.354. The van der Waals surface area contributed by atoms with E-state index in [9.17, 15) is 0 Å². The van der Waals surface area contributed by atoms with Gasteiger partial charge in [0.15, 0.2) is 17.5 Å².